The minimum atomic E-state index is 0.0444. The van der Waals surface area contributed by atoms with Gasteiger partial charge in [-0.15, -0.1) is 0 Å². The first-order valence-electron chi connectivity index (χ1n) is 13.7. The van der Waals surface area contributed by atoms with E-state index < -0.39 is 0 Å². The Labute approximate surface area is 225 Å². The molecule has 3 aromatic rings. The van der Waals surface area contributed by atoms with Gasteiger partial charge in [0.1, 0.15) is 5.75 Å². The summed E-state index contributed by atoms with van der Waals surface area (Å²) in [7, 11) is 2.12. The minimum absolute atomic E-state index is 0.0444. The first-order valence-corrected chi connectivity index (χ1v) is 13.7. The van der Waals surface area contributed by atoms with Crippen LogP contribution in [0.3, 0.4) is 0 Å². The molecular weight excluding hydrogens is 474 g/mol. The van der Waals surface area contributed by atoms with Crippen molar-refractivity contribution >= 4 is 17.5 Å². The summed E-state index contributed by atoms with van der Waals surface area (Å²) in [6.45, 7) is 3.83. The number of aryl methyl sites for hydroxylation is 1. The van der Waals surface area contributed by atoms with E-state index in [1.54, 1.807) is 0 Å². The Bertz CT molecular complexity index is 1220. The monoisotopic (exact) mass is 511 g/mol. The number of benzene rings is 3. The molecule has 6 nitrogen and oxygen atoms in total. The highest BCUT2D eigenvalue weighted by Crippen LogP contribution is 2.32. The molecule has 198 valence electrons. The predicted molar refractivity (Wildman–Crippen MR) is 151 cm³/mol. The number of piperidine rings is 1. The molecule has 0 atom stereocenters. The van der Waals surface area contributed by atoms with Crippen LogP contribution in [0.15, 0.2) is 78.9 Å². The molecule has 0 aliphatic carbocycles. The van der Waals surface area contributed by atoms with Gasteiger partial charge in [-0.1, -0.05) is 48.5 Å². The second-order valence-electron chi connectivity index (χ2n) is 10.4. The number of rotatable bonds is 9. The lowest BCUT2D eigenvalue weighted by Crippen LogP contribution is -2.50. The Morgan fingerprint density at radius 3 is 2.39 bits per heavy atom. The van der Waals surface area contributed by atoms with Gasteiger partial charge in [-0.25, -0.2) is 0 Å². The molecule has 0 aromatic heterocycles. The fourth-order valence-corrected chi connectivity index (χ4v) is 5.56. The molecule has 2 aliphatic heterocycles. The molecule has 3 aromatic carbocycles. The number of carbonyl (C=O) groups excluding carboxylic acids is 2. The van der Waals surface area contributed by atoms with Crippen LogP contribution in [0.4, 0.5) is 5.69 Å². The van der Waals surface area contributed by atoms with Crippen LogP contribution in [0.2, 0.25) is 0 Å². The number of fused-ring (bicyclic) bond motifs is 1. The van der Waals surface area contributed by atoms with Crippen molar-refractivity contribution in [2.75, 3.05) is 38.2 Å². The third kappa shape index (κ3) is 6.25. The van der Waals surface area contributed by atoms with Crippen LogP contribution in [0.5, 0.6) is 5.75 Å². The van der Waals surface area contributed by atoms with E-state index >= 15 is 0 Å². The highest BCUT2D eigenvalue weighted by Gasteiger charge is 2.33. The lowest BCUT2D eigenvalue weighted by atomic mass is 9.95. The van der Waals surface area contributed by atoms with Crippen molar-refractivity contribution in [1.29, 1.82) is 0 Å². The van der Waals surface area contributed by atoms with Crippen LogP contribution in [0, 0.1) is 0 Å². The Morgan fingerprint density at radius 2 is 1.63 bits per heavy atom. The van der Waals surface area contributed by atoms with Gasteiger partial charge in [-0.05, 0) is 74.2 Å². The molecule has 1 fully saturated rings. The van der Waals surface area contributed by atoms with E-state index in [1.165, 1.54) is 11.1 Å². The normalized spacial score (nSPS) is 16.0. The zero-order chi connectivity index (χ0) is 26.3. The van der Waals surface area contributed by atoms with Crippen LogP contribution in [0.25, 0.3) is 0 Å². The van der Waals surface area contributed by atoms with Crippen molar-refractivity contribution < 1.29 is 14.3 Å². The van der Waals surface area contributed by atoms with Crippen LogP contribution in [-0.2, 0) is 17.8 Å². The molecule has 0 unspecified atom stereocenters. The number of anilines is 1. The third-order valence-electron chi connectivity index (χ3n) is 7.59. The van der Waals surface area contributed by atoms with Crippen molar-refractivity contribution in [3.63, 3.8) is 0 Å². The summed E-state index contributed by atoms with van der Waals surface area (Å²) in [4.78, 5) is 32.1. The number of hydrogen-bond acceptors (Lipinski definition) is 4. The molecule has 0 spiro atoms. The highest BCUT2D eigenvalue weighted by atomic mass is 16.5. The van der Waals surface area contributed by atoms with Gasteiger partial charge in [0, 0.05) is 49.9 Å². The second-order valence-corrected chi connectivity index (χ2v) is 10.4. The standard InChI is InChI=1S/C32H37N3O3/c1-33(24-25-8-3-2-4-9-25)20-7-23-38-29-15-12-27(13-16-29)32(37)34-21-18-28(19-22-34)35-30-11-6-5-10-26(30)14-17-31(35)36/h2-6,8-13,15-16,28H,7,14,17-24H2,1H3. The van der Waals surface area contributed by atoms with Crippen LogP contribution in [-0.4, -0.2) is 60.9 Å². The Hall–Kier alpha value is -3.64. The fraction of sp³-hybridized carbons (Fsp3) is 0.375. The lowest BCUT2D eigenvalue weighted by molar-refractivity contribution is -0.119. The quantitative estimate of drug-likeness (QED) is 0.372. The van der Waals surface area contributed by atoms with Gasteiger partial charge in [0.05, 0.1) is 6.61 Å². The molecule has 0 bridgehead atoms. The van der Waals surface area contributed by atoms with Crippen molar-refractivity contribution in [2.24, 2.45) is 0 Å². The maximum Gasteiger partial charge on any atom is 0.253 e. The molecule has 2 aliphatic rings. The number of carbonyl (C=O) groups is 2. The average molecular weight is 512 g/mol. The van der Waals surface area contributed by atoms with E-state index in [4.69, 9.17) is 4.74 Å². The topological polar surface area (TPSA) is 53.1 Å². The number of likely N-dealkylation sites (tertiary alicyclic amines) is 1. The van der Waals surface area contributed by atoms with Crippen LogP contribution >= 0.6 is 0 Å². The van der Waals surface area contributed by atoms with Gasteiger partial charge < -0.3 is 19.4 Å². The number of hydrogen-bond donors (Lipinski definition) is 0. The molecule has 0 saturated carbocycles. The summed E-state index contributed by atoms with van der Waals surface area (Å²) in [5.74, 6) is 1.03. The number of para-hydroxylation sites is 1. The lowest BCUT2D eigenvalue weighted by Gasteiger charge is -2.41. The molecular formula is C32H37N3O3. The fourth-order valence-electron chi connectivity index (χ4n) is 5.56. The molecule has 38 heavy (non-hydrogen) atoms. The van der Waals surface area contributed by atoms with E-state index in [9.17, 15) is 9.59 Å². The molecule has 2 heterocycles. The molecule has 0 N–H and O–H groups in total. The van der Waals surface area contributed by atoms with E-state index in [-0.39, 0.29) is 17.9 Å². The van der Waals surface area contributed by atoms with Crippen molar-refractivity contribution in [2.45, 2.75) is 44.7 Å². The number of ether oxygens (including phenoxy) is 1. The SMILES string of the molecule is CN(CCCOc1ccc(C(=O)N2CCC(N3C(=O)CCc4ccccc43)CC2)cc1)Cc1ccccc1. The Balaban J connectivity index is 1.07. The van der Waals surface area contributed by atoms with Gasteiger partial charge >= 0.3 is 0 Å². The maximum atomic E-state index is 13.1. The van der Waals surface area contributed by atoms with Gasteiger partial charge in [0.2, 0.25) is 5.91 Å². The van der Waals surface area contributed by atoms with E-state index in [0.29, 0.717) is 31.7 Å². The zero-order valence-electron chi connectivity index (χ0n) is 22.2. The zero-order valence-corrected chi connectivity index (χ0v) is 22.2. The van der Waals surface area contributed by atoms with Crippen molar-refractivity contribution in [3.8, 4) is 5.75 Å². The Morgan fingerprint density at radius 1 is 0.921 bits per heavy atom. The van der Waals surface area contributed by atoms with Gasteiger partial charge in [0.15, 0.2) is 0 Å². The first kappa shape index (κ1) is 26.0. The summed E-state index contributed by atoms with van der Waals surface area (Å²) in [6.07, 6.45) is 3.91. The van der Waals surface area contributed by atoms with E-state index in [2.05, 4.69) is 48.3 Å². The van der Waals surface area contributed by atoms with Gasteiger partial charge in [0.25, 0.3) is 5.91 Å². The van der Waals surface area contributed by atoms with E-state index in [0.717, 1.165) is 50.2 Å². The average Bonchev–Trinajstić information content (AvgIpc) is 2.96. The first-order chi connectivity index (χ1) is 18.6. The largest absolute Gasteiger partial charge is 0.494 e. The molecule has 0 radical (unpaired) electrons. The predicted octanol–water partition coefficient (Wildman–Crippen LogP) is 5.17. The van der Waals surface area contributed by atoms with Gasteiger partial charge in [-0.2, -0.15) is 0 Å². The van der Waals surface area contributed by atoms with E-state index in [1.807, 2.05) is 52.3 Å². The number of amides is 2. The molecule has 2 amide bonds. The van der Waals surface area contributed by atoms with Crippen molar-refractivity contribution in [3.05, 3.63) is 95.6 Å². The summed E-state index contributed by atoms with van der Waals surface area (Å²) in [5, 5.41) is 0. The highest BCUT2D eigenvalue weighted by molar-refractivity contribution is 5.97. The Kier molecular flexibility index (Phi) is 8.39. The minimum Gasteiger partial charge on any atom is -0.494 e. The van der Waals surface area contributed by atoms with Crippen LogP contribution < -0.4 is 9.64 Å². The molecule has 1 saturated heterocycles. The summed E-state index contributed by atoms with van der Waals surface area (Å²) >= 11 is 0. The molecule has 5 rings (SSSR count). The summed E-state index contributed by atoms with van der Waals surface area (Å²) in [5.41, 5.74) is 4.28. The second kappa shape index (κ2) is 12.3. The summed E-state index contributed by atoms with van der Waals surface area (Å²) < 4.78 is 5.92. The maximum absolute atomic E-state index is 13.1. The molecule has 6 heteroatoms. The van der Waals surface area contributed by atoms with Gasteiger partial charge in [-0.3, -0.25) is 9.59 Å². The third-order valence-corrected chi connectivity index (χ3v) is 7.59. The van der Waals surface area contributed by atoms with Crippen LogP contribution in [0.1, 0.15) is 47.2 Å². The van der Waals surface area contributed by atoms with Crippen molar-refractivity contribution in [1.82, 2.24) is 9.80 Å². The number of nitrogens with zero attached hydrogens (tertiary/aromatic N) is 3. The smallest absolute Gasteiger partial charge is 0.253 e. The summed E-state index contributed by atoms with van der Waals surface area (Å²) in [6, 6.07) is 26.3.